The molecule has 9 aromatic rings. The minimum absolute atomic E-state index is 0.260. The fourth-order valence-corrected chi connectivity index (χ4v) is 8.38. The van der Waals surface area contributed by atoms with Gasteiger partial charge >= 0.3 is 0 Å². The van der Waals surface area contributed by atoms with Gasteiger partial charge in [-0.25, -0.2) is 0 Å². The maximum absolute atomic E-state index is 2.32. The van der Waals surface area contributed by atoms with Crippen molar-refractivity contribution in [2.75, 3.05) is 0 Å². The zero-order valence-electron chi connectivity index (χ0n) is 30.4. The molecule has 0 atom stereocenters. The second-order valence-corrected chi connectivity index (χ2v) is 14.5. The minimum atomic E-state index is 0.260. The molecule has 0 heteroatoms. The first kappa shape index (κ1) is 32.6. The van der Waals surface area contributed by atoms with Gasteiger partial charge in [0.2, 0.25) is 0 Å². The van der Waals surface area contributed by atoms with E-state index in [0.29, 0.717) is 0 Å². The van der Waals surface area contributed by atoms with Crippen LogP contribution in [-0.2, 0) is 0 Å². The second-order valence-electron chi connectivity index (χ2n) is 14.5. The van der Waals surface area contributed by atoms with E-state index in [4.69, 9.17) is 0 Å². The Hall–Kier alpha value is -7.02. The van der Waals surface area contributed by atoms with Crippen molar-refractivity contribution in [2.45, 2.75) is 5.92 Å². The summed E-state index contributed by atoms with van der Waals surface area (Å²) in [6, 6.07) is 82.0. The van der Waals surface area contributed by atoms with E-state index < -0.39 is 0 Å². The van der Waals surface area contributed by atoms with Crippen LogP contribution in [-0.4, -0.2) is 0 Å². The van der Waals surface area contributed by atoms with Crippen molar-refractivity contribution in [3.63, 3.8) is 0 Å². The van der Waals surface area contributed by atoms with Crippen LogP contribution in [0.5, 0.6) is 0 Å². The van der Waals surface area contributed by atoms with Gasteiger partial charge in [0.15, 0.2) is 0 Å². The van der Waals surface area contributed by atoms with Gasteiger partial charge in [-0.2, -0.15) is 0 Å². The lowest BCUT2D eigenvalue weighted by Gasteiger charge is -2.15. The topological polar surface area (TPSA) is 0 Å². The first-order valence-corrected chi connectivity index (χ1v) is 19.1. The molecule has 0 bridgehead atoms. The molecule has 0 heterocycles. The highest BCUT2D eigenvalue weighted by Crippen LogP contribution is 2.48. The summed E-state index contributed by atoms with van der Waals surface area (Å²) in [5.74, 6) is 0.260. The minimum Gasteiger partial charge on any atom is -0.0622 e. The highest BCUT2D eigenvalue weighted by molar-refractivity contribution is 5.84. The first-order chi connectivity index (χ1) is 27.2. The van der Waals surface area contributed by atoms with Crippen LogP contribution in [0.3, 0.4) is 0 Å². The van der Waals surface area contributed by atoms with Crippen molar-refractivity contribution >= 4 is 0 Å². The van der Waals surface area contributed by atoms with Gasteiger partial charge in [-0.3, -0.25) is 0 Å². The quantitative estimate of drug-likeness (QED) is 0.155. The molecule has 1 aliphatic rings. The molecule has 0 N–H and O–H groups in total. The number of benzene rings is 9. The molecule has 0 fully saturated rings. The van der Waals surface area contributed by atoms with Crippen LogP contribution in [0.4, 0.5) is 0 Å². The second kappa shape index (κ2) is 14.1. The smallest absolute Gasteiger partial charge is 0.0352 e. The van der Waals surface area contributed by atoms with Crippen molar-refractivity contribution in [3.8, 4) is 77.9 Å². The molecular formula is C55H38. The van der Waals surface area contributed by atoms with Crippen LogP contribution >= 0.6 is 0 Å². The SMILES string of the molecule is c1ccc(-c2cc(-c3ccccc3)cc(-c3ccc(-c4cccc(-c5cccc(-c6ccc(C7c8ccccc8-c8ccccc87)cc6)c5)c4)cc3)c2)cc1. The molecule has 0 saturated carbocycles. The number of hydrogen-bond donors (Lipinski definition) is 0. The third-order valence-electron chi connectivity index (χ3n) is 11.2. The van der Waals surface area contributed by atoms with Gasteiger partial charge in [-0.05, 0) is 125 Å². The molecule has 0 saturated heterocycles. The molecule has 0 spiro atoms. The van der Waals surface area contributed by atoms with Gasteiger partial charge in [0.1, 0.15) is 0 Å². The van der Waals surface area contributed by atoms with E-state index in [2.05, 4.69) is 224 Å². The van der Waals surface area contributed by atoms with Crippen molar-refractivity contribution in [3.05, 3.63) is 241 Å². The van der Waals surface area contributed by atoms with Crippen LogP contribution in [0.25, 0.3) is 77.9 Å². The van der Waals surface area contributed by atoms with E-state index in [1.165, 1.54) is 94.6 Å². The third kappa shape index (κ3) is 6.28. The van der Waals surface area contributed by atoms with E-state index in [1.54, 1.807) is 0 Å². The maximum Gasteiger partial charge on any atom is 0.0352 e. The zero-order valence-corrected chi connectivity index (χ0v) is 30.4. The molecular weight excluding hydrogens is 661 g/mol. The number of fused-ring (bicyclic) bond motifs is 3. The molecule has 9 aromatic carbocycles. The Kier molecular flexibility index (Phi) is 8.35. The van der Waals surface area contributed by atoms with Crippen LogP contribution in [0.15, 0.2) is 224 Å². The van der Waals surface area contributed by atoms with Crippen molar-refractivity contribution in [2.24, 2.45) is 0 Å². The predicted molar refractivity (Wildman–Crippen MR) is 232 cm³/mol. The average molecular weight is 699 g/mol. The maximum atomic E-state index is 2.32. The van der Waals surface area contributed by atoms with E-state index in [1.807, 2.05) is 0 Å². The Morgan fingerprint density at radius 2 is 0.491 bits per heavy atom. The fraction of sp³-hybridized carbons (Fsp3) is 0.0182. The van der Waals surface area contributed by atoms with E-state index in [9.17, 15) is 0 Å². The zero-order chi connectivity index (χ0) is 36.6. The summed E-state index contributed by atoms with van der Waals surface area (Å²) in [5.41, 5.74) is 21.4. The third-order valence-corrected chi connectivity index (χ3v) is 11.2. The Bertz CT molecular complexity index is 2670. The summed E-state index contributed by atoms with van der Waals surface area (Å²) < 4.78 is 0. The average Bonchev–Trinajstić information content (AvgIpc) is 3.61. The molecule has 1 aliphatic carbocycles. The summed E-state index contributed by atoms with van der Waals surface area (Å²) in [6.45, 7) is 0. The Morgan fingerprint density at radius 1 is 0.200 bits per heavy atom. The molecule has 0 aliphatic heterocycles. The normalized spacial score (nSPS) is 11.9. The summed E-state index contributed by atoms with van der Waals surface area (Å²) in [7, 11) is 0. The van der Waals surface area contributed by atoms with Crippen molar-refractivity contribution < 1.29 is 0 Å². The van der Waals surface area contributed by atoms with Crippen LogP contribution in [0.2, 0.25) is 0 Å². The van der Waals surface area contributed by atoms with E-state index in [0.717, 1.165) is 0 Å². The molecule has 0 radical (unpaired) electrons. The lowest BCUT2D eigenvalue weighted by molar-refractivity contribution is 1.02. The summed E-state index contributed by atoms with van der Waals surface area (Å²) in [5, 5.41) is 0. The summed E-state index contributed by atoms with van der Waals surface area (Å²) >= 11 is 0. The fourth-order valence-electron chi connectivity index (χ4n) is 8.38. The Balaban J connectivity index is 0.923. The number of hydrogen-bond acceptors (Lipinski definition) is 0. The molecule has 10 rings (SSSR count). The molecule has 0 nitrogen and oxygen atoms in total. The summed E-state index contributed by atoms with van der Waals surface area (Å²) in [4.78, 5) is 0. The standard InChI is InChI=1S/C55H38/c1-3-13-38(14-4-1)48-35-49(39-15-5-2-6-16-39)37-50(36-48)42-27-25-40(26-28-42)44-17-11-19-46(33-44)47-20-12-18-45(34-47)41-29-31-43(32-30-41)55-53-23-9-7-21-51(53)52-22-8-10-24-54(52)55/h1-37,55H. The van der Waals surface area contributed by atoms with Gasteiger partial charge in [-0.1, -0.05) is 194 Å². The van der Waals surface area contributed by atoms with Crippen molar-refractivity contribution in [1.29, 1.82) is 0 Å². The Morgan fingerprint density at radius 3 is 0.927 bits per heavy atom. The first-order valence-electron chi connectivity index (χ1n) is 19.1. The van der Waals surface area contributed by atoms with Crippen LogP contribution in [0.1, 0.15) is 22.6 Å². The van der Waals surface area contributed by atoms with E-state index >= 15 is 0 Å². The number of rotatable bonds is 7. The van der Waals surface area contributed by atoms with Gasteiger partial charge in [0, 0.05) is 5.92 Å². The molecule has 258 valence electrons. The van der Waals surface area contributed by atoms with Gasteiger partial charge in [-0.15, -0.1) is 0 Å². The van der Waals surface area contributed by atoms with Crippen LogP contribution in [0, 0.1) is 0 Å². The highest BCUT2D eigenvalue weighted by atomic mass is 14.3. The summed E-state index contributed by atoms with van der Waals surface area (Å²) in [6.07, 6.45) is 0. The van der Waals surface area contributed by atoms with Gasteiger partial charge in [0.25, 0.3) is 0 Å². The highest BCUT2D eigenvalue weighted by Gasteiger charge is 2.29. The van der Waals surface area contributed by atoms with E-state index in [-0.39, 0.29) is 5.92 Å². The Labute approximate surface area is 323 Å². The van der Waals surface area contributed by atoms with Crippen molar-refractivity contribution in [1.82, 2.24) is 0 Å². The largest absolute Gasteiger partial charge is 0.0622 e. The predicted octanol–water partition coefficient (Wildman–Crippen LogP) is 14.8. The molecule has 0 unspecified atom stereocenters. The lowest BCUT2D eigenvalue weighted by atomic mass is 9.88. The van der Waals surface area contributed by atoms with Gasteiger partial charge < -0.3 is 0 Å². The van der Waals surface area contributed by atoms with Gasteiger partial charge in [0.05, 0.1) is 0 Å². The molecule has 0 aromatic heterocycles. The lowest BCUT2D eigenvalue weighted by Crippen LogP contribution is -1.98. The molecule has 55 heavy (non-hydrogen) atoms. The molecule has 0 amide bonds. The van der Waals surface area contributed by atoms with Crippen LogP contribution < -0.4 is 0 Å². The monoisotopic (exact) mass is 698 g/mol.